The summed E-state index contributed by atoms with van der Waals surface area (Å²) in [6.07, 6.45) is 3.20. The Balaban J connectivity index is 2.29. The molecule has 1 atom stereocenters. The van der Waals surface area contributed by atoms with E-state index in [0.29, 0.717) is 6.04 Å². The van der Waals surface area contributed by atoms with Crippen molar-refractivity contribution in [2.24, 2.45) is 10.9 Å². The lowest BCUT2D eigenvalue weighted by Gasteiger charge is -2.19. The van der Waals surface area contributed by atoms with E-state index in [9.17, 15) is 0 Å². The van der Waals surface area contributed by atoms with Gasteiger partial charge < -0.3 is 0 Å². The summed E-state index contributed by atoms with van der Waals surface area (Å²) in [5, 5.41) is 0. The Morgan fingerprint density at radius 2 is 2.29 bits per heavy atom. The number of aliphatic imine (C=N–C) groups is 1. The highest BCUT2D eigenvalue weighted by molar-refractivity contribution is 5.64. The molecule has 0 aliphatic carbocycles. The highest BCUT2D eigenvalue weighted by atomic mass is 14.8. The van der Waals surface area contributed by atoms with Gasteiger partial charge in [0.05, 0.1) is 6.04 Å². The Kier molecular flexibility index (Phi) is 1.13. The van der Waals surface area contributed by atoms with Crippen LogP contribution in [0.4, 0.5) is 0 Å². The molecule has 0 N–H and O–H groups in total. The maximum Gasteiger partial charge on any atom is 0.0567 e. The van der Waals surface area contributed by atoms with Gasteiger partial charge in [-0.2, -0.15) is 0 Å². The van der Waals surface area contributed by atoms with Crippen LogP contribution in [0.15, 0.2) is 4.99 Å². The molecule has 0 saturated carbocycles. The van der Waals surface area contributed by atoms with Crippen LogP contribution < -0.4 is 0 Å². The van der Waals surface area contributed by atoms with Crippen molar-refractivity contribution in [1.29, 1.82) is 0 Å². The number of hydrogen-bond acceptors (Lipinski definition) is 1. The maximum absolute atomic E-state index is 4.14. The molecular formula is C6H11N. The van der Waals surface area contributed by atoms with Gasteiger partial charge in [0.15, 0.2) is 0 Å². The molecule has 1 heteroatoms. The summed E-state index contributed by atoms with van der Waals surface area (Å²) in [4.78, 5) is 4.14. The smallest absolute Gasteiger partial charge is 0.0567 e. The number of nitrogens with zero attached hydrogens (tertiary/aromatic N) is 1. The van der Waals surface area contributed by atoms with Gasteiger partial charge in [0.1, 0.15) is 0 Å². The van der Waals surface area contributed by atoms with Crippen molar-refractivity contribution in [3.8, 4) is 0 Å². The van der Waals surface area contributed by atoms with Gasteiger partial charge in [-0.15, -0.1) is 0 Å². The fraction of sp³-hybridized carbons (Fsp3) is 0.833. The van der Waals surface area contributed by atoms with E-state index in [0.717, 1.165) is 5.92 Å². The first-order valence-electron chi connectivity index (χ1n) is 2.82. The van der Waals surface area contributed by atoms with Gasteiger partial charge in [-0.25, -0.2) is 0 Å². The van der Waals surface area contributed by atoms with Crippen molar-refractivity contribution in [2.45, 2.75) is 26.3 Å². The summed E-state index contributed by atoms with van der Waals surface area (Å²) in [5.41, 5.74) is 0. The van der Waals surface area contributed by atoms with E-state index >= 15 is 0 Å². The van der Waals surface area contributed by atoms with Crippen LogP contribution in [0, 0.1) is 5.92 Å². The van der Waals surface area contributed by atoms with Crippen LogP contribution in [0.5, 0.6) is 0 Å². The molecular weight excluding hydrogens is 86.1 g/mol. The van der Waals surface area contributed by atoms with Crippen LogP contribution in [0.1, 0.15) is 20.3 Å². The van der Waals surface area contributed by atoms with Crippen molar-refractivity contribution in [3.05, 3.63) is 0 Å². The third-order valence-corrected chi connectivity index (χ3v) is 1.41. The van der Waals surface area contributed by atoms with E-state index in [1.807, 2.05) is 6.21 Å². The Morgan fingerprint density at radius 3 is 2.29 bits per heavy atom. The molecule has 0 radical (unpaired) electrons. The molecule has 1 nitrogen and oxygen atoms in total. The fourth-order valence-electron chi connectivity index (χ4n) is 0.671. The van der Waals surface area contributed by atoms with E-state index in [1.165, 1.54) is 6.42 Å². The van der Waals surface area contributed by atoms with Gasteiger partial charge in [-0.3, -0.25) is 4.99 Å². The minimum absolute atomic E-state index is 0.653. The molecule has 0 aromatic rings. The first-order chi connectivity index (χ1) is 3.30. The second kappa shape index (κ2) is 1.65. The molecule has 0 aromatic carbocycles. The van der Waals surface area contributed by atoms with Crippen molar-refractivity contribution in [1.82, 2.24) is 0 Å². The third-order valence-electron chi connectivity index (χ3n) is 1.41. The highest BCUT2D eigenvalue weighted by Crippen LogP contribution is 2.14. The number of hydrogen-bond donors (Lipinski definition) is 0. The summed E-state index contributed by atoms with van der Waals surface area (Å²) in [7, 11) is 0. The van der Waals surface area contributed by atoms with Gasteiger partial charge in [0.25, 0.3) is 0 Å². The van der Waals surface area contributed by atoms with Crippen LogP contribution in [0.3, 0.4) is 0 Å². The lowest BCUT2D eigenvalue weighted by Crippen LogP contribution is -2.20. The summed E-state index contributed by atoms with van der Waals surface area (Å²) in [5.74, 6) is 0.755. The van der Waals surface area contributed by atoms with Gasteiger partial charge in [0, 0.05) is 12.6 Å². The van der Waals surface area contributed by atoms with Crippen LogP contribution in [-0.2, 0) is 0 Å². The summed E-state index contributed by atoms with van der Waals surface area (Å²) in [6, 6.07) is 0.653. The Labute approximate surface area is 44.5 Å². The van der Waals surface area contributed by atoms with Crippen molar-refractivity contribution in [2.75, 3.05) is 0 Å². The third kappa shape index (κ3) is 0.817. The van der Waals surface area contributed by atoms with E-state index in [-0.39, 0.29) is 0 Å². The molecule has 1 unspecified atom stereocenters. The molecule has 40 valence electrons. The van der Waals surface area contributed by atoms with Crippen molar-refractivity contribution in [3.63, 3.8) is 0 Å². The highest BCUT2D eigenvalue weighted by Gasteiger charge is 2.14. The van der Waals surface area contributed by atoms with E-state index in [1.54, 1.807) is 0 Å². The van der Waals surface area contributed by atoms with Crippen LogP contribution in [0.2, 0.25) is 0 Å². The molecule has 1 rings (SSSR count). The van der Waals surface area contributed by atoms with Gasteiger partial charge >= 0.3 is 0 Å². The monoisotopic (exact) mass is 97.1 g/mol. The Bertz CT molecular complexity index is 84.2. The second-order valence-corrected chi connectivity index (χ2v) is 2.38. The zero-order valence-electron chi connectivity index (χ0n) is 4.89. The zero-order chi connectivity index (χ0) is 5.28. The van der Waals surface area contributed by atoms with Gasteiger partial charge in [0.2, 0.25) is 0 Å². The number of rotatable bonds is 1. The normalized spacial score (nSPS) is 28.1. The molecule has 1 aliphatic heterocycles. The predicted octanol–water partition coefficient (Wildman–Crippen LogP) is 1.49. The lowest BCUT2D eigenvalue weighted by atomic mass is 9.99. The molecule has 0 amide bonds. The molecule has 0 fully saturated rings. The molecule has 0 aromatic heterocycles. The van der Waals surface area contributed by atoms with E-state index in [2.05, 4.69) is 18.8 Å². The average molecular weight is 97.2 g/mol. The first kappa shape index (κ1) is 4.82. The average Bonchev–Trinajstić information content (AvgIpc) is 1.23. The van der Waals surface area contributed by atoms with Gasteiger partial charge in [-0.05, 0) is 5.92 Å². The van der Waals surface area contributed by atoms with Crippen molar-refractivity contribution >= 4 is 6.21 Å². The molecule has 1 aliphatic rings. The van der Waals surface area contributed by atoms with E-state index < -0.39 is 0 Å². The SMILES string of the molecule is CC(C)C1CC=N1. The Hall–Kier alpha value is -0.330. The molecule has 7 heavy (non-hydrogen) atoms. The topological polar surface area (TPSA) is 12.4 Å². The first-order valence-corrected chi connectivity index (χ1v) is 2.82. The second-order valence-electron chi connectivity index (χ2n) is 2.38. The summed E-state index contributed by atoms with van der Waals surface area (Å²) in [6.45, 7) is 4.42. The van der Waals surface area contributed by atoms with Gasteiger partial charge in [-0.1, -0.05) is 13.8 Å². The van der Waals surface area contributed by atoms with Crippen LogP contribution >= 0.6 is 0 Å². The molecule has 0 spiro atoms. The molecule has 0 saturated heterocycles. The lowest BCUT2D eigenvalue weighted by molar-refractivity contribution is 0.485. The largest absolute Gasteiger partial charge is 0.293 e. The van der Waals surface area contributed by atoms with Crippen molar-refractivity contribution < 1.29 is 0 Å². The maximum atomic E-state index is 4.14. The quantitative estimate of drug-likeness (QED) is 0.470. The summed E-state index contributed by atoms with van der Waals surface area (Å²) < 4.78 is 0. The zero-order valence-corrected chi connectivity index (χ0v) is 4.89. The van der Waals surface area contributed by atoms with Crippen LogP contribution in [0.25, 0.3) is 0 Å². The standard InChI is InChI=1S/C6H11N/c1-5(2)6-3-4-7-6/h4-6H,3H2,1-2H3. The van der Waals surface area contributed by atoms with E-state index in [4.69, 9.17) is 0 Å². The van der Waals surface area contributed by atoms with Crippen LogP contribution in [-0.4, -0.2) is 12.3 Å². The minimum Gasteiger partial charge on any atom is -0.293 e. The molecule has 1 heterocycles. The minimum atomic E-state index is 0.653. The predicted molar refractivity (Wildman–Crippen MR) is 31.7 cm³/mol. The molecule has 0 bridgehead atoms. The summed E-state index contributed by atoms with van der Waals surface area (Å²) >= 11 is 0. The fourth-order valence-corrected chi connectivity index (χ4v) is 0.671. The Morgan fingerprint density at radius 1 is 1.71 bits per heavy atom.